The average molecular weight is 256 g/mol. The van der Waals surface area contributed by atoms with E-state index in [1.54, 1.807) is 0 Å². The van der Waals surface area contributed by atoms with E-state index in [4.69, 9.17) is 0 Å². The molecule has 0 atom stereocenters. The van der Waals surface area contributed by atoms with Crippen LogP contribution in [0.15, 0.2) is 0 Å². The highest BCUT2D eigenvalue weighted by Crippen LogP contribution is 2.12. The summed E-state index contributed by atoms with van der Waals surface area (Å²) in [5, 5.41) is 7.96. The van der Waals surface area contributed by atoms with E-state index >= 15 is 0 Å². The van der Waals surface area contributed by atoms with Gasteiger partial charge >= 0.3 is 6.03 Å². The molecule has 0 bridgehead atoms. The van der Waals surface area contributed by atoms with Crippen LogP contribution in [0.5, 0.6) is 0 Å². The molecule has 0 radical (unpaired) electrons. The second kappa shape index (κ2) is 8.05. The number of carbonyl (C=O) groups is 2. The van der Waals surface area contributed by atoms with Gasteiger partial charge in [0.1, 0.15) is 0 Å². The molecule has 0 aliphatic carbocycles. The number of nitrogens with zero attached hydrogens (tertiary/aromatic N) is 1. The van der Waals surface area contributed by atoms with E-state index in [-0.39, 0.29) is 5.91 Å². The van der Waals surface area contributed by atoms with Crippen LogP contribution in [0.1, 0.15) is 19.3 Å². The fraction of sp³-hybridized carbons (Fsp3) is 0.833. The molecule has 3 N–H and O–H groups in total. The number of imide groups is 1. The molecule has 0 saturated carbocycles. The number of urea groups is 1. The van der Waals surface area contributed by atoms with Crippen molar-refractivity contribution in [3.8, 4) is 0 Å². The summed E-state index contributed by atoms with van der Waals surface area (Å²) in [6.07, 6.45) is 2.76. The Labute approximate surface area is 108 Å². The first-order chi connectivity index (χ1) is 8.61. The van der Waals surface area contributed by atoms with E-state index in [9.17, 15) is 9.59 Å². The van der Waals surface area contributed by atoms with Crippen molar-refractivity contribution in [2.45, 2.75) is 19.3 Å². The van der Waals surface area contributed by atoms with Crippen molar-refractivity contribution in [3.63, 3.8) is 0 Å². The average Bonchev–Trinajstić information content (AvgIpc) is 2.37. The predicted octanol–water partition coefficient (Wildman–Crippen LogP) is -0.236. The minimum atomic E-state index is -0.444. The van der Waals surface area contributed by atoms with Gasteiger partial charge in [0.2, 0.25) is 5.91 Å². The zero-order chi connectivity index (χ0) is 13.4. The lowest BCUT2D eigenvalue weighted by molar-refractivity contribution is -0.120. The Balaban J connectivity index is 2.13. The highest BCUT2D eigenvalue weighted by atomic mass is 16.2. The maximum absolute atomic E-state index is 11.4. The summed E-state index contributed by atoms with van der Waals surface area (Å²) >= 11 is 0. The molecular weight excluding hydrogens is 232 g/mol. The third-order valence-corrected chi connectivity index (χ3v) is 3.23. The number of piperidine rings is 1. The third kappa shape index (κ3) is 5.97. The summed E-state index contributed by atoms with van der Waals surface area (Å²) in [6, 6.07) is -0.444. The second-order valence-corrected chi connectivity index (χ2v) is 4.83. The van der Waals surface area contributed by atoms with Crippen LogP contribution in [0.25, 0.3) is 0 Å². The van der Waals surface area contributed by atoms with Crippen molar-refractivity contribution in [3.05, 3.63) is 0 Å². The van der Waals surface area contributed by atoms with Crippen molar-refractivity contribution in [1.29, 1.82) is 0 Å². The topological polar surface area (TPSA) is 73.5 Å². The van der Waals surface area contributed by atoms with Gasteiger partial charge in [0.05, 0.1) is 0 Å². The molecule has 6 heteroatoms. The van der Waals surface area contributed by atoms with Gasteiger partial charge < -0.3 is 15.5 Å². The van der Waals surface area contributed by atoms with E-state index < -0.39 is 6.03 Å². The summed E-state index contributed by atoms with van der Waals surface area (Å²) in [5.74, 6) is 0.491. The monoisotopic (exact) mass is 256 g/mol. The lowest BCUT2D eigenvalue weighted by Crippen LogP contribution is -2.39. The van der Waals surface area contributed by atoms with Gasteiger partial charge in [0.15, 0.2) is 0 Å². The van der Waals surface area contributed by atoms with Crippen molar-refractivity contribution < 1.29 is 9.59 Å². The Bertz CT molecular complexity index is 277. The van der Waals surface area contributed by atoms with Gasteiger partial charge in [-0.2, -0.15) is 0 Å². The van der Waals surface area contributed by atoms with Crippen LogP contribution in [0, 0.1) is 5.92 Å². The van der Waals surface area contributed by atoms with Crippen LogP contribution in [-0.4, -0.2) is 57.1 Å². The predicted molar refractivity (Wildman–Crippen MR) is 70.3 cm³/mol. The molecule has 1 aliphatic heterocycles. The van der Waals surface area contributed by atoms with E-state index in [0.29, 0.717) is 13.0 Å². The summed E-state index contributed by atoms with van der Waals surface area (Å²) < 4.78 is 0. The van der Waals surface area contributed by atoms with Crippen LogP contribution < -0.4 is 16.0 Å². The molecule has 6 nitrogen and oxygen atoms in total. The Morgan fingerprint density at radius 2 is 2.00 bits per heavy atom. The van der Waals surface area contributed by atoms with E-state index in [0.717, 1.165) is 25.6 Å². The maximum atomic E-state index is 11.4. The van der Waals surface area contributed by atoms with Gasteiger partial charge in [-0.1, -0.05) is 0 Å². The number of hydrogen-bond acceptors (Lipinski definition) is 4. The molecule has 1 rings (SSSR count). The smallest absolute Gasteiger partial charge is 0.321 e. The molecule has 0 aromatic carbocycles. The highest BCUT2D eigenvalue weighted by Gasteiger charge is 2.15. The molecule has 1 saturated heterocycles. The SMILES string of the molecule is CNC(=O)NC(=O)CCN(C)CC1CCNCC1. The summed E-state index contributed by atoms with van der Waals surface area (Å²) in [7, 11) is 3.51. The Kier molecular flexibility index (Phi) is 6.67. The minimum Gasteiger partial charge on any atom is -0.341 e. The lowest BCUT2D eigenvalue weighted by Gasteiger charge is -2.27. The van der Waals surface area contributed by atoms with Gasteiger partial charge in [-0.15, -0.1) is 0 Å². The van der Waals surface area contributed by atoms with Crippen LogP contribution in [0.3, 0.4) is 0 Å². The van der Waals surface area contributed by atoms with Gasteiger partial charge in [-0.25, -0.2) is 4.79 Å². The van der Waals surface area contributed by atoms with Gasteiger partial charge in [-0.05, 0) is 38.9 Å². The zero-order valence-electron chi connectivity index (χ0n) is 11.3. The van der Waals surface area contributed by atoms with Crippen molar-refractivity contribution >= 4 is 11.9 Å². The Morgan fingerprint density at radius 1 is 1.33 bits per heavy atom. The van der Waals surface area contributed by atoms with E-state index in [2.05, 4.69) is 20.9 Å². The Hall–Kier alpha value is -1.14. The molecular formula is C12H24N4O2. The number of carbonyl (C=O) groups excluding carboxylic acids is 2. The largest absolute Gasteiger partial charge is 0.341 e. The van der Waals surface area contributed by atoms with Crippen LogP contribution in [0.2, 0.25) is 0 Å². The van der Waals surface area contributed by atoms with Crippen LogP contribution >= 0.6 is 0 Å². The number of amides is 3. The first kappa shape index (κ1) is 14.9. The molecule has 1 heterocycles. The molecule has 0 spiro atoms. The summed E-state index contributed by atoms with van der Waals surface area (Å²) in [5.41, 5.74) is 0. The first-order valence-electron chi connectivity index (χ1n) is 6.52. The van der Waals surface area contributed by atoms with E-state index in [1.807, 2.05) is 7.05 Å². The fourth-order valence-corrected chi connectivity index (χ4v) is 2.14. The third-order valence-electron chi connectivity index (χ3n) is 3.23. The van der Waals surface area contributed by atoms with E-state index in [1.165, 1.54) is 19.9 Å². The molecule has 0 unspecified atom stereocenters. The number of rotatable bonds is 5. The van der Waals surface area contributed by atoms with Gasteiger partial charge in [0.25, 0.3) is 0 Å². The normalized spacial score (nSPS) is 16.6. The molecule has 1 aliphatic rings. The van der Waals surface area contributed by atoms with Crippen LogP contribution in [0.4, 0.5) is 4.79 Å². The molecule has 1 fully saturated rings. The zero-order valence-corrected chi connectivity index (χ0v) is 11.3. The first-order valence-corrected chi connectivity index (χ1v) is 6.52. The van der Waals surface area contributed by atoms with Gasteiger partial charge in [-0.3, -0.25) is 10.1 Å². The molecule has 0 aromatic rings. The number of nitrogens with one attached hydrogen (secondary N) is 3. The van der Waals surface area contributed by atoms with Crippen molar-refractivity contribution in [2.75, 3.05) is 40.3 Å². The fourth-order valence-electron chi connectivity index (χ4n) is 2.14. The van der Waals surface area contributed by atoms with Crippen molar-refractivity contribution in [2.24, 2.45) is 5.92 Å². The van der Waals surface area contributed by atoms with Crippen molar-refractivity contribution in [1.82, 2.24) is 20.9 Å². The molecule has 0 aromatic heterocycles. The van der Waals surface area contributed by atoms with Gasteiger partial charge in [0, 0.05) is 26.6 Å². The maximum Gasteiger partial charge on any atom is 0.321 e. The number of hydrogen-bond donors (Lipinski definition) is 3. The molecule has 3 amide bonds. The standard InChI is InChI=1S/C12H24N4O2/c1-13-12(18)15-11(17)5-8-16(2)9-10-3-6-14-7-4-10/h10,14H,3-9H2,1-2H3,(H2,13,15,17,18). The Morgan fingerprint density at radius 3 is 2.61 bits per heavy atom. The van der Waals surface area contributed by atoms with Crippen LogP contribution in [-0.2, 0) is 4.79 Å². The minimum absolute atomic E-state index is 0.230. The summed E-state index contributed by atoms with van der Waals surface area (Å²) in [4.78, 5) is 24.5. The highest BCUT2D eigenvalue weighted by molar-refractivity contribution is 5.94. The lowest BCUT2D eigenvalue weighted by atomic mass is 9.98. The quantitative estimate of drug-likeness (QED) is 0.635. The second-order valence-electron chi connectivity index (χ2n) is 4.83. The molecule has 18 heavy (non-hydrogen) atoms. The summed E-state index contributed by atoms with van der Waals surface area (Å²) in [6.45, 7) is 3.90. The molecule has 104 valence electrons.